The minimum atomic E-state index is 0.229. The predicted molar refractivity (Wildman–Crippen MR) is 73.5 cm³/mol. The summed E-state index contributed by atoms with van der Waals surface area (Å²) in [6, 6.07) is 0. The monoisotopic (exact) mass is 242 g/mol. The summed E-state index contributed by atoms with van der Waals surface area (Å²) in [5.74, 6) is 0. The van der Waals surface area contributed by atoms with Crippen molar-refractivity contribution in [3.05, 3.63) is 0 Å². The highest BCUT2D eigenvalue weighted by Crippen LogP contribution is 2.15. The van der Waals surface area contributed by atoms with Crippen molar-refractivity contribution in [1.82, 2.24) is 10.2 Å². The van der Waals surface area contributed by atoms with Crippen molar-refractivity contribution in [1.29, 1.82) is 0 Å². The van der Waals surface area contributed by atoms with Crippen molar-refractivity contribution in [2.24, 2.45) is 0 Å². The summed E-state index contributed by atoms with van der Waals surface area (Å²) >= 11 is 0. The first-order valence-corrected chi connectivity index (χ1v) is 7.02. The third-order valence-corrected chi connectivity index (χ3v) is 3.26. The van der Waals surface area contributed by atoms with E-state index in [0.717, 1.165) is 26.2 Å². The van der Waals surface area contributed by atoms with Gasteiger partial charge in [-0.15, -0.1) is 0 Å². The number of nitrogens with zero attached hydrogens (tertiary/aromatic N) is 1. The first-order valence-electron chi connectivity index (χ1n) is 7.02. The molecule has 1 unspecified atom stereocenters. The van der Waals surface area contributed by atoms with Crippen LogP contribution in [0.1, 0.15) is 46.5 Å². The van der Waals surface area contributed by atoms with Gasteiger partial charge in [-0.3, -0.25) is 0 Å². The molecule has 0 aromatic rings. The standard InChI is InChI=1S/C14H30N2O/c1-14(2,3)15-9-11-16(4)10-8-13-7-5-6-12-17-13/h13,15H,5-12H2,1-4H3. The van der Waals surface area contributed by atoms with Gasteiger partial charge in [-0.05, 0) is 53.5 Å². The highest BCUT2D eigenvalue weighted by atomic mass is 16.5. The van der Waals surface area contributed by atoms with Gasteiger partial charge in [-0.2, -0.15) is 0 Å². The van der Waals surface area contributed by atoms with Crippen LogP contribution in [0.4, 0.5) is 0 Å². The maximum Gasteiger partial charge on any atom is 0.0587 e. The molecule has 1 aliphatic heterocycles. The average molecular weight is 242 g/mol. The Hall–Kier alpha value is -0.120. The van der Waals surface area contributed by atoms with Crippen LogP contribution in [0.15, 0.2) is 0 Å². The molecule has 0 aromatic heterocycles. The SMILES string of the molecule is CN(CCNC(C)(C)C)CCC1CCCCO1. The number of likely N-dealkylation sites (N-methyl/N-ethyl adjacent to an activating group) is 1. The van der Waals surface area contributed by atoms with Gasteiger partial charge in [-0.25, -0.2) is 0 Å². The zero-order valence-electron chi connectivity index (χ0n) is 12.1. The third kappa shape index (κ3) is 7.74. The highest BCUT2D eigenvalue weighted by Gasteiger charge is 2.14. The van der Waals surface area contributed by atoms with E-state index in [1.54, 1.807) is 0 Å². The quantitative estimate of drug-likeness (QED) is 0.773. The van der Waals surface area contributed by atoms with Gasteiger partial charge in [0.1, 0.15) is 0 Å². The van der Waals surface area contributed by atoms with E-state index in [-0.39, 0.29) is 5.54 Å². The second-order valence-corrected chi connectivity index (χ2v) is 6.26. The molecule has 1 aliphatic rings. The smallest absolute Gasteiger partial charge is 0.0587 e. The molecule has 1 saturated heterocycles. The fourth-order valence-electron chi connectivity index (χ4n) is 2.13. The van der Waals surface area contributed by atoms with E-state index in [1.807, 2.05) is 0 Å². The number of ether oxygens (including phenoxy) is 1. The lowest BCUT2D eigenvalue weighted by Gasteiger charge is -2.26. The Morgan fingerprint density at radius 2 is 2.00 bits per heavy atom. The Morgan fingerprint density at radius 1 is 1.24 bits per heavy atom. The van der Waals surface area contributed by atoms with Gasteiger partial charge in [-0.1, -0.05) is 0 Å². The number of hydrogen-bond donors (Lipinski definition) is 1. The first kappa shape index (κ1) is 14.9. The number of nitrogens with one attached hydrogen (secondary N) is 1. The summed E-state index contributed by atoms with van der Waals surface area (Å²) in [4.78, 5) is 2.40. The summed E-state index contributed by atoms with van der Waals surface area (Å²) in [5.41, 5.74) is 0.229. The van der Waals surface area contributed by atoms with E-state index in [2.05, 4.69) is 38.0 Å². The van der Waals surface area contributed by atoms with Gasteiger partial charge in [0.15, 0.2) is 0 Å². The second-order valence-electron chi connectivity index (χ2n) is 6.26. The van der Waals surface area contributed by atoms with Crippen LogP contribution >= 0.6 is 0 Å². The van der Waals surface area contributed by atoms with Crippen molar-refractivity contribution >= 4 is 0 Å². The average Bonchev–Trinajstić information content (AvgIpc) is 2.26. The van der Waals surface area contributed by atoms with Gasteiger partial charge in [0.25, 0.3) is 0 Å². The molecule has 0 aromatic carbocycles. The molecule has 0 radical (unpaired) electrons. The van der Waals surface area contributed by atoms with Gasteiger partial charge < -0.3 is 15.0 Å². The van der Waals surface area contributed by atoms with Crippen LogP contribution < -0.4 is 5.32 Å². The van der Waals surface area contributed by atoms with E-state index in [0.29, 0.717) is 6.10 Å². The fraction of sp³-hybridized carbons (Fsp3) is 1.00. The molecule has 0 bridgehead atoms. The van der Waals surface area contributed by atoms with E-state index in [1.165, 1.54) is 25.7 Å². The Balaban J connectivity index is 2.02. The Labute approximate surface area is 107 Å². The summed E-state index contributed by atoms with van der Waals surface area (Å²) in [7, 11) is 2.20. The molecule has 17 heavy (non-hydrogen) atoms. The summed E-state index contributed by atoms with van der Waals surface area (Å²) in [6.07, 6.45) is 5.56. The van der Waals surface area contributed by atoms with E-state index < -0.39 is 0 Å². The van der Waals surface area contributed by atoms with Gasteiger partial charge >= 0.3 is 0 Å². The number of hydrogen-bond acceptors (Lipinski definition) is 3. The van der Waals surface area contributed by atoms with Crippen LogP contribution in [0.2, 0.25) is 0 Å². The highest BCUT2D eigenvalue weighted by molar-refractivity contribution is 4.71. The fourth-order valence-corrected chi connectivity index (χ4v) is 2.13. The molecule has 3 nitrogen and oxygen atoms in total. The van der Waals surface area contributed by atoms with Crippen LogP contribution in [0.3, 0.4) is 0 Å². The molecule has 1 atom stereocenters. The van der Waals surface area contributed by atoms with Crippen LogP contribution in [-0.4, -0.2) is 49.8 Å². The first-order chi connectivity index (χ1) is 7.97. The van der Waals surface area contributed by atoms with E-state index in [9.17, 15) is 0 Å². The van der Waals surface area contributed by atoms with Gasteiger partial charge in [0, 0.05) is 31.8 Å². The number of rotatable bonds is 6. The third-order valence-electron chi connectivity index (χ3n) is 3.26. The molecule has 0 amide bonds. The molecule has 3 heteroatoms. The Morgan fingerprint density at radius 3 is 2.59 bits per heavy atom. The van der Waals surface area contributed by atoms with Crippen molar-refractivity contribution < 1.29 is 4.74 Å². The maximum atomic E-state index is 5.74. The van der Waals surface area contributed by atoms with Crippen LogP contribution in [0, 0.1) is 0 Å². The molecule has 1 rings (SSSR count). The molecule has 1 N–H and O–H groups in total. The summed E-state index contributed by atoms with van der Waals surface area (Å²) in [5, 5.41) is 3.52. The molecule has 1 fully saturated rings. The zero-order valence-corrected chi connectivity index (χ0v) is 12.1. The lowest BCUT2D eigenvalue weighted by atomic mass is 10.1. The van der Waals surface area contributed by atoms with Crippen LogP contribution in [-0.2, 0) is 4.74 Å². The van der Waals surface area contributed by atoms with Crippen LogP contribution in [0.5, 0.6) is 0 Å². The van der Waals surface area contributed by atoms with Gasteiger partial charge in [0.2, 0.25) is 0 Å². The molecule has 0 saturated carbocycles. The largest absolute Gasteiger partial charge is 0.378 e. The van der Waals surface area contributed by atoms with E-state index >= 15 is 0 Å². The Bertz CT molecular complexity index is 195. The Kier molecular flexibility index (Phi) is 6.45. The molecule has 1 heterocycles. The van der Waals surface area contributed by atoms with Crippen LogP contribution in [0.25, 0.3) is 0 Å². The van der Waals surface area contributed by atoms with Crippen molar-refractivity contribution in [3.8, 4) is 0 Å². The van der Waals surface area contributed by atoms with Crippen molar-refractivity contribution in [2.75, 3.05) is 33.3 Å². The molecule has 102 valence electrons. The normalized spacial score (nSPS) is 22.1. The minimum absolute atomic E-state index is 0.229. The minimum Gasteiger partial charge on any atom is -0.378 e. The summed E-state index contributed by atoms with van der Waals surface area (Å²) in [6.45, 7) is 10.9. The molecular formula is C14H30N2O. The zero-order chi connectivity index (χ0) is 12.7. The topological polar surface area (TPSA) is 24.5 Å². The second kappa shape index (κ2) is 7.34. The summed E-state index contributed by atoms with van der Waals surface area (Å²) < 4.78 is 5.74. The van der Waals surface area contributed by atoms with Crippen molar-refractivity contribution in [3.63, 3.8) is 0 Å². The molecular weight excluding hydrogens is 212 g/mol. The predicted octanol–water partition coefficient (Wildman–Crippen LogP) is 2.27. The van der Waals surface area contributed by atoms with Crippen molar-refractivity contribution in [2.45, 2.75) is 58.1 Å². The molecule has 0 aliphatic carbocycles. The lowest BCUT2D eigenvalue weighted by Crippen LogP contribution is -2.41. The lowest BCUT2D eigenvalue weighted by molar-refractivity contribution is 0.00675. The van der Waals surface area contributed by atoms with E-state index in [4.69, 9.17) is 4.74 Å². The van der Waals surface area contributed by atoms with Gasteiger partial charge in [0.05, 0.1) is 6.10 Å². The maximum absolute atomic E-state index is 5.74. The molecule has 0 spiro atoms.